The van der Waals surface area contributed by atoms with E-state index in [0.717, 1.165) is 33.5 Å². The summed E-state index contributed by atoms with van der Waals surface area (Å²) in [4.78, 5) is 17.1. The number of carbonyl (C=O) groups is 1. The van der Waals surface area contributed by atoms with E-state index in [9.17, 15) is 13.6 Å². The van der Waals surface area contributed by atoms with Gasteiger partial charge in [0.2, 0.25) is 0 Å². The van der Waals surface area contributed by atoms with Crippen molar-refractivity contribution < 1.29 is 18.3 Å². The molecule has 2 aromatic carbocycles. The molecule has 0 saturated carbocycles. The van der Waals surface area contributed by atoms with Crippen molar-refractivity contribution in [1.82, 2.24) is 4.57 Å². The molecule has 0 bridgehead atoms. The lowest BCUT2D eigenvalue weighted by molar-refractivity contribution is 0.0997. The van der Waals surface area contributed by atoms with Crippen LogP contribution in [0, 0.1) is 25.5 Å². The van der Waals surface area contributed by atoms with Crippen molar-refractivity contribution in [2.24, 2.45) is 4.99 Å². The highest BCUT2D eigenvalue weighted by Crippen LogP contribution is 2.22. The Bertz CT molecular complexity index is 1050. The van der Waals surface area contributed by atoms with Gasteiger partial charge in [-0.1, -0.05) is 11.3 Å². The Morgan fingerprint density at radius 3 is 2.58 bits per heavy atom. The number of hydrogen-bond acceptors (Lipinski definition) is 3. The number of nitrogens with zero attached hydrogens (tertiary/aromatic N) is 2. The first-order chi connectivity index (χ1) is 12.4. The maximum atomic E-state index is 13.4. The number of aryl methyl sites for hydroxylation is 2. The predicted molar refractivity (Wildman–Crippen MR) is 97.4 cm³/mol. The van der Waals surface area contributed by atoms with Crippen LogP contribution in [0.25, 0.3) is 10.2 Å². The Morgan fingerprint density at radius 1 is 1.15 bits per heavy atom. The number of benzene rings is 2. The van der Waals surface area contributed by atoms with Crippen molar-refractivity contribution >= 4 is 27.5 Å². The minimum absolute atomic E-state index is 0.00649. The number of fused-ring (bicyclic) bond motifs is 1. The monoisotopic (exact) mass is 376 g/mol. The van der Waals surface area contributed by atoms with Crippen LogP contribution in [-0.2, 0) is 11.3 Å². The summed E-state index contributed by atoms with van der Waals surface area (Å²) in [6, 6.07) is 7.12. The maximum Gasteiger partial charge on any atom is 0.279 e. The van der Waals surface area contributed by atoms with E-state index in [2.05, 4.69) is 17.1 Å². The van der Waals surface area contributed by atoms with Crippen molar-refractivity contribution in [3.8, 4) is 0 Å². The van der Waals surface area contributed by atoms with E-state index in [1.165, 1.54) is 17.4 Å². The van der Waals surface area contributed by atoms with Gasteiger partial charge in [0.05, 0.1) is 16.8 Å². The van der Waals surface area contributed by atoms with Crippen LogP contribution in [0.3, 0.4) is 0 Å². The van der Waals surface area contributed by atoms with Crippen molar-refractivity contribution in [2.75, 3.05) is 13.7 Å². The van der Waals surface area contributed by atoms with Gasteiger partial charge in [-0.3, -0.25) is 4.79 Å². The average Bonchev–Trinajstić information content (AvgIpc) is 2.92. The molecule has 0 radical (unpaired) electrons. The smallest absolute Gasteiger partial charge is 0.279 e. The Labute approximate surface area is 153 Å². The summed E-state index contributed by atoms with van der Waals surface area (Å²) in [6.07, 6.45) is 0. The summed E-state index contributed by atoms with van der Waals surface area (Å²) in [7, 11) is 1.60. The van der Waals surface area contributed by atoms with Gasteiger partial charge in [0.1, 0.15) is 0 Å². The third-order valence-corrected chi connectivity index (χ3v) is 5.22. The van der Waals surface area contributed by atoms with Gasteiger partial charge in [0, 0.05) is 19.2 Å². The molecule has 0 spiro atoms. The second-order valence-electron chi connectivity index (χ2n) is 5.98. The number of methoxy groups -OCH3 is 1. The number of halogens is 2. The maximum absolute atomic E-state index is 13.4. The molecule has 3 rings (SSSR count). The van der Waals surface area contributed by atoms with E-state index in [4.69, 9.17) is 4.74 Å². The van der Waals surface area contributed by atoms with Crippen LogP contribution < -0.4 is 4.80 Å². The highest BCUT2D eigenvalue weighted by molar-refractivity contribution is 7.16. The first-order valence-corrected chi connectivity index (χ1v) is 8.86. The molecule has 0 aliphatic rings. The molecule has 0 N–H and O–H groups in total. The fraction of sp³-hybridized carbons (Fsp3) is 0.263. The summed E-state index contributed by atoms with van der Waals surface area (Å²) < 4.78 is 34.5. The molecule has 26 heavy (non-hydrogen) atoms. The highest BCUT2D eigenvalue weighted by atomic mass is 32.1. The molecular formula is C19H18F2N2O2S. The van der Waals surface area contributed by atoms with Crippen LogP contribution in [0.4, 0.5) is 8.78 Å². The SMILES string of the molecule is COCCn1c(=NC(=O)c2ccc(F)c(F)c2)sc2cc(C)c(C)cc21. The Balaban J connectivity index is 2.13. The third kappa shape index (κ3) is 3.59. The van der Waals surface area contributed by atoms with Crippen molar-refractivity contribution in [1.29, 1.82) is 0 Å². The molecule has 4 nitrogen and oxygen atoms in total. The molecule has 7 heteroatoms. The summed E-state index contributed by atoms with van der Waals surface area (Å²) in [6.45, 7) is 5.04. The molecule has 3 aromatic rings. The summed E-state index contributed by atoms with van der Waals surface area (Å²) in [5, 5.41) is 0. The van der Waals surface area contributed by atoms with Gasteiger partial charge in [0.25, 0.3) is 5.91 Å². The van der Waals surface area contributed by atoms with Crippen molar-refractivity contribution in [3.05, 3.63) is 63.5 Å². The lowest BCUT2D eigenvalue weighted by atomic mass is 10.1. The molecule has 1 aromatic heterocycles. The molecule has 0 atom stereocenters. The van der Waals surface area contributed by atoms with Gasteiger partial charge in [-0.15, -0.1) is 0 Å². The fourth-order valence-electron chi connectivity index (χ4n) is 2.59. The van der Waals surface area contributed by atoms with Crippen LogP contribution in [-0.4, -0.2) is 24.2 Å². The largest absolute Gasteiger partial charge is 0.383 e. The van der Waals surface area contributed by atoms with Crippen LogP contribution >= 0.6 is 11.3 Å². The number of hydrogen-bond donors (Lipinski definition) is 0. The molecule has 0 unspecified atom stereocenters. The highest BCUT2D eigenvalue weighted by Gasteiger charge is 2.12. The zero-order chi connectivity index (χ0) is 18.8. The summed E-state index contributed by atoms with van der Waals surface area (Å²) >= 11 is 1.38. The Hall–Kier alpha value is -2.38. The molecule has 136 valence electrons. The topological polar surface area (TPSA) is 43.6 Å². The number of amides is 1. The number of ether oxygens (including phenoxy) is 1. The lowest BCUT2D eigenvalue weighted by Crippen LogP contribution is -2.19. The van der Waals surface area contributed by atoms with Crippen molar-refractivity contribution in [2.45, 2.75) is 20.4 Å². The van der Waals surface area contributed by atoms with Crippen LogP contribution in [0.2, 0.25) is 0 Å². The molecule has 0 aliphatic carbocycles. The van der Waals surface area contributed by atoms with E-state index in [1.54, 1.807) is 7.11 Å². The molecule has 1 amide bonds. The molecule has 1 heterocycles. The molecule has 0 saturated heterocycles. The average molecular weight is 376 g/mol. The minimum Gasteiger partial charge on any atom is -0.383 e. The van der Waals surface area contributed by atoms with E-state index in [-0.39, 0.29) is 5.56 Å². The minimum atomic E-state index is -1.07. The van der Waals surface area contributed by atoms with Gasteiger partial charge in [-0.05, 0) is 55.3 Å². The van der Waals surface area contributed by atoms with E-state index in [0.29, 0.717) is 18.0 Å². The third-order valence-electron chi connectivity index (χ3n) is 4.18. The van der Waals surface area contributed by atoms with Crippen molar-refractivity contribution in [3.63, 3.8) is 0 Å². The second kappa shape index (κ2) is 7.47. The molecule has 0 aliphatic heterocycles. The number of rotatable bonds is 4. The normalized spacial score (nSPS) is 12.1. The van der Waals surface area contributed by atoms with Gasteiger partial charge < -0.3 is 9.30 Å². The zero-order valence-electron chi connectivity index (χ0n) is 14.7. The van der Waals surface area contributed by atoms with Crippen LogP contribution in [0.15, 0.2) is 35.3 Å². The summed E-state index contributed by atoms with van der Waals surface area (Å²) in [5.74, 6) is -2.68. The summed E-state index contributed by atoms with van der Waals surface area (Å²) in [5.41, 5.74) is 3.26. The predicted octanol–water partition coefficient (Wildman–Crippen LogP) is 3.99. The zero-order valence-corrected chi connectivity index (χ0v) is 15.5. The number of thiazole rings is 1. The van der Waals surface area contributed by atoms with Crippen LogP contribution in [0.5, 0.6) is 0 Å². The first kappa shape index (κ1) is 18.4. The second-order valence-corrected chi connectivity index (χ2v) is 6.99. The first-order valence-electron chi connectivity index (χ1n) is 8.04. The Kier molecular flexibility index (Phi) is 5.29. The quantitative estimate of drug-likeness (QED) is 0.691. The van der Waals surface area contributed by atoms with E-state index < -0.39 is 17.5 Å². The number of aromatic nitrogens is 1. The van der Waals surface area contributed by atoms with Gasteiger partial charge >= 0.3 is 0 Å². The molecular weight excluding hydrogens is 358 g/mol. The van der Waals surface area contributed by atoms with Gasteiger partial charge in [-0.25, -0.2) is 8.78 Å². The van der Waals surface area contributed by atoms with Gasteiger partial charge in [-0.2, -0.15) is 4.99 Å². The lowest BCUT2D eigenvalue weighted by Gasteiger charge is -2.06. The van der Waals surface area contributed by atoms with E-state index in [1.807, 2.05) is 18.4 Å². The van der Waals surface area contributed by atoms with E-state index >= 15 is 0 Å². The van der Waals surface area contributed by atoms with Crippen LogP contribution in [0.1, 0.15) is 21.5 Å². The molecule has 0 fully saturated rings. The standard InChI is InChI=1S/C19H18F2N2O2S/c1-11-8-16-17(9-12(11)2)26-19(23(16)6-7-25-3)22-18(24)13-4-5-14(20)15(21)10-13/h4-5,8-10H,6-7H2,1-3H3. The number of carbonyl (C=O) groups excluding carboxylic acids is 1. The van der Waals surface area contributed by atoms with Gasteiger partial charge in [0.15, 0.2) is 16.4 Å². The fourth-order valence-corrected chi connectivity index (χ4v) is 3.72. The Morgan fingerprint density at radius 2 is 1.88 bits per heavy atom.